The molecule has 0 saturated heterocycles. The molecule has 1 atom stereocenters. The van der Waals surface area contributed by atoms with Crippen molar-refractivity contribution >= 4 is 5.91 Å². The topological polar surface area (TPSA) is 64.3 Å². The lowest BCUT2D eigenvalue weighted by atomic mass is 10.1. The summed E-state index contributed by atoms with van der Waals surface area (Å²) < 4.78 is 5.10. The van der Waals surface area contributed by atoms with Crippen LogP contribution < -0.4 is 15.8 Å². The standard InChI is InChI=1S/C16H18N2O2/c1-20-14-9-7-13(8-10-14)15(16(17)19)18-11-12-5-3-2-4-6-12/h2-10,15,18H,11H2,1H3,(H2,17,19). The van der Waals surface area contributed by atoms with Crippen LogP contribution in [-0.2, 0) is 11.3 Å². The smallest absolute Gasteiger partial charge is 0.239 e. The van der Waals surface area contributed by atoms with Gasteiger partial charge < -0.3 is 10.5 Å². The van der Waals surface area contributed by atoms with Crippen LogP contribution in [-0.4, -0.2) is 13.0 Å². The SMILES string of the molecule is COc1ccc(C(NCc2ccccc2)C(N)=O)cc1. The third-order valence-electron chi connectivity index (χ3n) is 3.09. The summed E-state index contributed by atoms with van der Waals surface area (Å²) in [7, 11) is 1.61. The molecule has 20 heavy (non-hydrogen) atoms. The van der Waals surface area contributed by atoms with E-state index in [9.17, 15) is 4.79 Å². The van der Waals surface area contributed by atoms with Gasteiger partial charge in [0.15, 0.2) is 0 Å². The van der Waals surface area contributed by atoms with Crippen LogP contribution in [0.4, 0.5) is 0 Å². The molecule has 4 nitrogen and oxygen atoms in total. The summed E-state index contributed by atoms with van der Waals surface area (Å²) in [6, 6.07) is 16.7. The van der Waals surface area contributed by atoms with Crippen LogP contribution in [0, 0.1) is 0 Å². The molecule has 0 radical (unpaired) electrons. The highest BCUT2D eigenvalue weighted by molar-refractivity contribution is 5.81. The average molecular weight is 270 g/mol. The molecule has 0 aliphatic heterocycles. The van der Waals surface area contributed by atoms with Crippen molar-refractivity contribution in [3.63, 3.8) is 0 Å². The Morgan fingerprint density at radius 3 is 2.35 bits per heavy atom. The van der Waals surface area contributed by atoms with Crippen molar-refractivity contribution in [2.75, 3.05) is 7.11 Å². The Hall–Kier alpha value is -2.33. The highest BCUT2D eigenvalue weighted by Gasteiger charge is 2.16. The molecule has 0 fully saturated rings. The summed E-state index contributed by atoms with van der Waals surface area (Å²) in [6.07, 6.45) is 0. The van der Waals surface area contributed by atoms with Gasteiger partial charge in [-0.1, -0.05) is 42.5 Å². The molecule has 0 saturated carbocycles. The maximum absolute atomic E-state index is 11.6. The van der Waals surface area contributed by atoms with E-state index < -0.39 is 11.9 Å². The normalized spacial score (nSPS) is 11.8. The quantitative estimate of drug-likeness (QED) is 0.844. The fourth-order valence-electron chi connectivity index (χ4n) is 1.99. The minimum absolute atomic E-state index is 0.397. The Balaban J connectivity index is 2.08. The fourth-order valence-corrected chi connectivity index (χ4v) is 1.99. The van der Waals surface area contributed by atoms with Crippen molar-refractivity contribution in [1.82, 2.24) is 5.32 Å². The number of hydrogen-bond donors (Lipinski definition) is 2. The van der Waals surface area contributed by atoms with E-state index in [2.05, 4.69) is 5.32 Å². The lowest BCUT2D eigenvalue weighted by Crippen LogP contribution is -2.33. The van der Waals surface area contributed by atoms with Gasteiger partial charge in [0.05, 0.1) is 7.11 Å². The first-order valence-electron chi connectivity index (χ1n) is 6.41. The second kappa shape index (κ2) is 6.73. The Bertz CT molecular complexity index is 552. The molecule has 4 heteroatoms. The number of nitrogens with one attached hydrogen (secondary N) is 1. The number of ether oxygens (including phenoxy) is 1. The first kappa shape index (κ1) is 14.1. The van der Waals surface area contributed by atoms with E-state index in [1.807, 2.05) is 54.6 Å². The number of amides is 1. The summed E-state index contributed by atoms with van der Waals surface area (Å²) in [5, 5.41) is 3.17. The average Bonchev–Trinajstić information content (AvgIpc) is 2.49. The maximum atomic E-state index is 11.6. The molecule has 0 aliphatic rings. The number of carbonyl (C=O) groups excluding carboxylic acids is 1. The van der Waals surface area contributed by atoms with E-state index in [4.69, 9.17) is 10.5 Å². The Morgan fingerprint density at radius 1 is 1.15 bits per heavy atom. The molecule has 0 spiro atoms. The summed E-state index contributed by atoms with van der Waals surface area (Å²) >= 11 is 0. The molecule has 2 aromatic rings. The number of rotatable bonds is 6. The van der Waals surface area contributed by atoms with Gasteiger partial charge >= 0.3 is 0 Å². The zero-order valence-corrected chi connectivity index (χ0v) is 11.4. The van der Waals surface area contributed by atoms with Gasteiger partial charge in [-0.15, -0.1) is 0 Å². The van der Waals surface area contributed by atoms with Crippen LogP contribution in [0.1, 0.15) is 17.2 Å². The lowest BCUT2D eigenvalue weighted by molar-refractivity contribution is -0.120. The van der Waals surface area contributed by atoms with E-state index in [0.717, 1.165) is 16.9 Å². The van der Waals surface area contributed by atoms with E-state index in [1.54, 1.807) is 7.11 Å². The molecule has 0 aromatic heterocycles. The third-order valence-corrected chi connectivity index (χ3v) is 3.09. The van der Waals surface area contributed by atoms with Gasteiger partial charge in [-0.05, 0) is 23.3 Å². The van der Waals surface area contributed by atoms with Gasteiger partial charge in [-0.2, -0.15) is 0 Å². The van der Waals surface area contributed by atoms with Gasteiger partial charge in [0.1, 0.15) is 11.8 Å². The number of nitrogens with two attached hydrogens (primary N) is 1. The van der Waals surface area contributed by atoms with E-state index in [-0.39, 0.29) is 0 Å². The molecule has 0 bridgehead atoms. The highest BCUT2D eigenvalue weighted by Crippen LogP contribution is 2.18. The first-order valence-corrected chi connectivity index (χ1v) is 6.41. The van der Waals surface area contributed by atoms with Gasteiger partial charge in [0.2, 0.25) is 5.91 Å². The van der Waals surface area contributed by atoms with E-state index >= 15 is 0 Å². The molecule has 2 rings (SSSR count). The van der Waals surface area contributed by atoms with Crippen molar-refractivity contribution < 1.29 is 9.53 Å². The minimum atomic E-state index is -0.513. The van der Waals surface area contributed by atoms with Crippen LogP contribution in [0.25, 0.3) is 0 Å². The van der Waals surface area contributed by atoms with Gasteiger partial charge in [0, 0.05) is 6.54 Å². The predicted molar refractivity (Wildman–Crippen MR) is 78.2 cm³/mol. The Morgan fingerprint density at radius 2 is 1.80 bits per heavy atom. The van der Waals surface area contributed by atoms with Gasteiger partial charge in [0.25, 0.3) is 0 Å². The van der Waals surface area contributed by atoms with Crippen LogP contribution in [0.5, 0.6) is 5.75 Å². The Labute approximate surface area is 118 Å². The second-order valence-corrected chi connectivity index (χ2v) is 4.48. The summed E-state index contributed by atoms with van der Waals surface area (Å²) in [4.78, 5) is 11.6. The molecule has 1 amide bonds. The third kappa shape index (κ3) is 3.59. The minimum Gasteiger partial charge on any atom is -0.497 e. The van der Waals surface area contributed by atoms with E-state index in [1.165, 1.54) is 0 Å². The number of carbonyl (C=O) groups is 1. The largest absolute Gasteiger partial charge is 0.497 e. The van der Waals surface area contributed by atoms with Crippen LogP contribution >= 0.6 is 0 Å². The number of primary amides is 1. The summed E-state index contributed by atoms with van der Waals surface area (Å²) in [5.41, 5.74) is 7.40. The fraction of sp³-hybridized carbons (Fsp3) is 0.188. The predicted octanol–water partition coefficient (Wildman–Crippen LogP) is 2.01. The van der Waals surface area contributed by atoms with Gasteiger partial charge in [-0.3, -0.25) is 10.1 Å². The summed E-state index contributed by atoms with van der Waals surface area (Å²) in [5.74, 6) is 0.353. The lowest BCUT2D eigenvalue weighted by Gasteiger charge is -2.16. The van der Waals surface area contributed by atoms with Crippen molar-refractivity contribution in [3.8, 4) is 5.75 Å². The maximum Gasteiger partial charge on any atom is 0.239 e. The molecule has 2 aromatic carbocycles. The molecule has 1 unspecified atom stereocenters. The second-order valence-electron chi connectivity index (χ2n) is 4.48. The molecule has 104 valence electrons. The van der Waals surface area contributed by atoms with Gasteiger partial charge in [-0.25, -0.2) is 0 Å². The zero-order valence-electron chi connectivity index (χ0n) is 11.4. The molecular weight excluding hydrogens is 252 g/mol. The Kier molecular flexibility index (Phi) is 4.74. The van der Waals surface area contributed by atoms with Crippen molar-refractivity contribution in [3.05, 3.63) is 65.7 Å². The molecule has 0 heterocycles. The monoisotopic (exact) mass is 270 g/mol. The summed E-state index contributed by atoms with van der Waals surface area (Å²) in [6.45, 7) is 0.584. The zero-order chi connectivity index (χ0) is 14.4. The number of hydrogen-bond acceptors (Lipinski definition) is 3. The molecule has 0 aliphatic carbocycles. The highest BCUT2D eigenvalue weighted by atomic mass is 16.5. The number of methoxy groups -OCH3 is 1. The van der Waals surface area contributed by atoms with Crippen molar-refractivity contribution in [2.45, 2.75) is 12.6 Å². The van der Waals surface area contributed by atoms with Crippen LogP contribution in [0.2, 0.25) is 0 Å². The molecule has 3 N–H and O–H groups in total. The number of benzene rings is 2. The van der Waals surface area contributed by atoms with Crippen LogP contribution in [0.3, 0.4) is 0 Å². The first-order chi connectivity index (χ1) is 9.70. The van der Waals surface area contributed by atoms with Crippen LogP contribution in [0.15, 0.2) is 54.6 Å². The van der Waals surface area contributed by atoms with Crippen molar-refractivity contribution in [2.24, 2.45) is 5.73 Å². The van der Waals surface area contributed by atoms with Crippen molar-refractivity contribution in [1.29, 1.82) is 0 Å². The van der Waals surface area contributed by atoms with E-state index in [0.29, 0.717) is 6.54 Å². The molecular formula is C16H18N2O2.